The highest BCUT2D eigenvalue weighted by molar-refractivity contribution is 5.77. The molecule has 0 unspecified atom stereocenters. The lowest BCUT2D eigenvalue weighted by Gasteiger charge is -2.23. The number of rotatable bonds is 4. The van der Waals surface area contributed by atoms with Crippen molar-refractivity contribution in [2.45, 2.75) is 31.7 Å². The van der Waals surface area contributed by atoms with Gasteiger partial charge < -0.3 is 9.32 Å². The zero-order chi connectivity index (χ0) is 13.8. The highest BCUT2D eigenvalue weighted by atomic mass is 16.3. The van der Waals surface area contributed by atoms with E-state index in [4.69, 9.17) is 4.42 Å². The third kappa shape index (κ3) is 2.77. The summed E-state index contributed by atoms with van der Waals surface area (Å²) in [5, 5.41) is 0. The second kappa shape index (κ2) is 5.95. The molecule has 1 fully saturated rings. The van der Waals surface area contributed by atoms with Gasteiger partial charge in [-0.25, -0.2) is 0 Å². The van der Waals surface area contributed by atoms with Crippen LogP contribution in [0, 0.1) is 0 Å². The van der Waals surface area contributed by atoms with Crippen molar-refractivity contribution in [3.63, 3.8) is 0 Å². The number of hydrogen-bond acceptors (Lipinski definition) is 2. The number of furan rings is 1. The molecule has 0 N–H and O–H groups in total. The van der Waals surface area contributed by atoms with E-state index in [-0.39, 0.29) is 11.9 Å². The molecular formula is C17H19NO2. The number of benzene rings is 1. The molecule has 1 amide bonds. The van der Waals surface area contributed by atoms with Crippen LogP contribution in [0.1, 0.15) is 36.6 Å². The molecule has 1 aromatic heterocycles. The predicted molar refractivity (Wildman–Crippen MR) is 77.2 cm³/mol. The average molecular weight is 269 g/mol. The van der Waals surface area contributed by atoms with E-state index < -0.39 is 0 Å². The first-order valence-corrected chi connectivity index (χ1v) is 7.21. The molecule has 1 aromatic carbocycles. The smallest absolute Gasteiger partial charge is 0.223 e. The highest BCUT2D eigenvalue weighted by Gasteiger charge is 2.31. The van der Waals surface area contributed by atoms with Crippen molar-refractivity contribution in [3.05, 3.63) is 60.1 Å². The second-order valence-corrected chi connectivity index (χ2v) is 5.25. The quantitative estimate of drug-likeness (QED) is 0.850. The van der Waals surface area contributed by atoms with E-state index >= 15 is 0 Å². The van der Waals surface area contributed by atoms with Crippen molar-refractivity contribution in [2.75, 3.05) is 6.54 Å². The Morgan fingerprint density at radius 3 is 2.80 bits per heavy atom. The van der Waals surface area contributed by atoms with E-state index in [1.54, 1.807) is 6.26 Å². The minimum Gasteiger partial charge on any atom is -0.467 e. The van der Waals surface area contributed by atoms with Crippen LogP contribution in [0.15, 0.2) is 53.1 Å². The summed E-state index contributed by atoms with van der Waals surface area (Å²) >= 11 is 0. The summed E-state index contributed by atoms with van der Waals surface area (Å²) in [5.74, 6) is 1.14. The van der Waals surface area contributed by atoms with Crippen molar-refractivity contribution in [2.24, 2.45) is 0 Å². The summed E-state index contributed by atoms with van der Waals surface area (Å²) in [7, 11) is 0. The third-order valence-corrected chi connectivity index (χ3v) is 3.92. The molecule has 104 valence electrons. The summed E-state index contributed by atoms with van der Waals surface area (Å²) in [5.41, 5.74) is 1.22. The third-order valence-electron chi connectivity index (χ3n) is 3.92. The minimum absolute atomic E-state index is 0.133. The minimum atomic E-state index is 0.133. The van der Waals surface area contributed by atoms with Gasteiger partial charge in [0.2, 0.25) is 5.91 Å². The molecule has 2 heterocycles. The molecule has 1 saturated heterocycles. The summed E-state index contributed by atoms with van der Waals surface area (Å²) in [4.78, 5) is 14.4. The van der Waals surface area contributed by atoms with Gasteiger partial charge in [0.15, 0.2) is 0 Å². The zero-order valence-corrected chi connectivity index (χ0v) is 11.5. The SMILES string of the molecule is O=C(CCc1ccccc1)N1CCC[C@@H]1c1ccco1. The highest BCUT2D eigenvalue weighted by Crippen LogP contribution is 2.32. The van der Waals surface area contributed by atoms with Crippen LogP contribution in [0.3, 0.4) is 0 Å². The summed E-state index contributed by atoms with van der Waals surface area (Å²) in [6.45, 7) is 0.846. The van der Waals surface area contributed by atoms with Crippen molar-refractivity contribution in [1.82, 2.24) is 4.90 Å². The van der Waals surface area contributed by atoms with Gasteiger partial charge in [-0.05, 0) is 37.0 Å². The van der Waals surface area contributed by atoms with Crippen LogP contribution in [0.25, 0.3) is 0 Å². The zero-order valence-electron chi connectivity index (χ0n) is 11.5. The number of hydrogen-bond donors (Lipinski definition) is 0. The first-order valence-electron chi connectivity index (χ1n) is 7.21. The summed E-state index contributed by atoms with van der Waals surface area (Å²) in [6, 6.07) is 14.2. The monoisotopic (exact) mass is 269 g/mol. The van der Waals surface area contributed by atoms with E-state index in [2.05, 4.69) is 12.1 Å². The van der Waals surface area contributed by atoms with E-state index in [1.165, 1.54) is 5.56 Å². The lowest BCUT2D eigenvalue weighted by molar-refractivity contribution is -0.132. The first-order chi connectivity index (χ1) is 9.84. The van der Waals surface area contributed by atoms with E-state index in [0.717, 1.165) is 31.6 Å². The van der Waals surface area contributed by atoms with Crippen molar-refractivity contribution in [3.8, 4) is 0 Å². The van der Waals surface area contributed by atoms with Crippen LogP contribution in [0.5, 0.6) is 0 Å². The molecule has 2 aromatic rings. The maximum absolute atomic E-state index is 12.4. The number of likely N-dealkylation sites (tertiary alicyclic amines) is 1. The number of aryl methyl sites for hydroxylation is 1. The molecule has 0 saturated carbocycles. The van der Waals surface area contributed by atoms with Gasteiger partial charge in [0, 0.05) is 13.0 Å². The van der Waals surface area contributed by atoms with Crippen LogP contribution in [-0.4, -0.2) is 17.4 Å². The van der Waals surface area contributed by atoms with E-state index in [0.29, 0.717) is 6.42 Å². The molecule has 1 aliphatic rings. The molecule has 3 heteroatoms. The van der Waals surface area contributed by atoms with Crippen molar-refractivity contribution >= 4 is 5.91 Å². The van der Waals surface area contributed by atoms with Gasteiger partial charge >= 0.3 is 0 Å². The number of nitrogens with zero attached hydrogens (tertiary/aromatic N) is 1. The predicted octanol–water partition coefficient (Wildman–Crippen LogP) is 3.58. The fraction of sp³-hybridized carbons (Fsp3) is 0.353. The molecule has 0 radical (unpaired) electrons. The molecule has 1 aliphatic heterocycles. The Bertz CT molecular complexity index is 548. The van der Waals surface area contributed by atoms with Crippen LogP contribution < -0.4 is 0 Å². The van der Waals surface area contributed by atoms with E-state index in [9.17, 15) is 4.79 Å². The number of carbonyl (C=O) groups excluding carboxylic acids is 1. The number of carbonyl (C=O) groups is 1. The Labute approximate surface area is 119 Å². The molecule has 0 bridgehead atoms. The molecule has 3 nitrogen and oxygen atoms in total. The van der Waals surface area contributed by atoms with Crippen molar-refractivity contribution < 1.29 is 9.21 Å². The maximum atomic E-state index is 12.4. The Kier molecular flexibility index (Phi) is 3.86. The summed E-state index contributed by atoms with van der Waals surface area (Å²) in [6.07, 6.45) is 5.12. The number of amides is 1. The average Bonchev–Trinajstić information content (AvgIpc) is 3.15. The van der Waals surface area contributed by atoms with E-state index in [1.807, 2.05) is 35.2 Å². The normalized spacial score (nSPS) is 18.4. The largest absolute Gasteiger partial charge is 0.467 e. The van der Waals surface area contributed by atoms with Crippen LogP contribution in [0.2, 0.25) is 0 Å². The molecular weight excluding hydrogens is 250 g/mol. The Morgan fingerprint density at radius 2 is 2.05 bits per heavy atom. The maximum Gasteiger partial charge on any atom is 0.223 e. The van der Waals surface area contributed by atoms with Gasteiger partial charge in [-0.3, -0.25) is 4.79 Å². The Hall–Kier alpha value is -2.03. The molecule has 0 spiro atoms. The Morgan fingerprint density at radius 1 is 1.20 bits per heavy atom. The lowest BCUT2D eigenvalue weighted by atomic mass is 10.1. The van der Waals surface area contributed by atoms with Crippen LogP contribution in [-0.2, 0) is 11.2 Å². The molecule has 1 atom stereocenters. The van der Waals surface area contributed by atoms with Crippen LogP contribution in [0.4, 0.5) is 0 Å². The van der Waals surface area contributed by atoms with Crippen molar-refractivity contribution in [1.29, 1.82) is 0 Å². The lowest BCUT2D eigenvalue weighted by Crippen LogP contribution is -2.30. The standard InChI is InChI=1S/C17H19NO2/c19-17(11-10-14-6-2-1-3-7-14)18-12-4-8-15(18)16-9-5-13-20-16/h1-3,5-7,9,13,15H,4,8,10-12H2/t15-/m1/s1. The molecule has 20 heavy (non-hydrogen) atoms. The van der Waals surface area contributed by atoms with Gasteiger partial charge in [0.25, 0.3) is 0 Å². The first kappa shape index (κ1) is 13.0. The van der Waals surface area contributed by atoms with Gasteiger partial charge in [0.05, 0.1) is 12.3 Å². The summed E-state index contributed by atoms with van der Waals surface area (Å²) < 4.78 is 5.47. The van der Waals surface area contributed by atoms with Gasteiger partial charge in [-0.2, -0.15) is 0 Å². The molecule has 0 aliphatic carbocycles. The van der Waals surface area contributed by atoms with Gasteiger partial charge in [-0.15, -0.1) is 0 Å². The van der Waals surface area contributed by atoms with Gasteiger partial charge in [-0.1, -0.05) is 30.3 Å². The van der Waals surface area contributed by atoms with Crippen LogP contribution >= 0.6 is 0 Å². The fourth-order valence-corrected chi connectivity index (χ4v) is 2.88. The topological polar surface area (TPSA) is 33.5 Å². The Balaban J connectivity index is 1.62. The van der Waals surface area contributed by atoms with Gasteiger partial charge in [0.1, 0.15) is 5.76 Å². The second-order valence-electron chi connectivity index (χ2n) is 5.25. The molecule has 3 rings (SSSR count). The fourth-order valence-electron chi connectivity index (χ4n) is 2.88.